The number of hydrogen-bond donors (Lipinski definition) is 0. The third-order valence-corrected chi connectivity index (χ3v) is 10.1. The van der Waals surface area contributed by atoms with Crippen molar-refractivity contribution in [2.75, 3.05) is 9.80 Å². The molecule has 1 aliphatic rings. The minimum Gasteiger partial charge on any atom is -0.446 e. The largest absolute Gasteiger partial charge is 0.446 e. The topological polar surface area (TPSA) is 79.6 Å². The normalized spacial score (nSPS) is 16.6. The number of halogens is 9. The summed E-state index contributed by atoms with van der Waals surface area (Å²) in [5, 5.41) is 12.9. The first-order chi connectivity index (χ1) is 28.2. The van der Waals surface area contributed by atoms with E-state index >= 15 is 0 Å². The van der Waals surface area contributed by atoms with Crippen LogP contribution in [0.2, 0.25) is 0 Å². The van der Waals surface area contributed by atoms with Crippen LogP contribution in [0.5, 0.6) is 0 Å². The number of amides is 1. The Labute approximate surface area is 340 Å². The van der Waals surface area contributed by atoms with Crippen molar-refractivity contribution in [1.82, 2.24) is 25.1 Å². The first-order valence-electron chi connectivity index (χ1n) is 19.0. The van der Waals surface area contributed by atoms with E-state index < -0.39 is 71.6 Å². The van der Waals surface area contributed by atoms with Gasteiger partial charge in [-0.15, -0.1) is 5.10 Å². The Bertz CT molecular complexity index is 2160. The van der Waals surface area contributed by atoms with E-state index in [9.17, 15) is 44.3 Å². The number of rotatable bonds is 12. The molecule has 0 bridgehead atoms. The Morgan fingerprint density at radius 2 is 1.28 bits per heavy atom. The Kier molecular flexibility index (Phi) is 12.8. The minimum atomic E-state index is -5.17. The summed E-state index contributed by atoms with van der Waals surface area (Å²) >= 11 is 0. The lowest BCUT2D eigenvalue weighted by Crippen LogP contribution is -2.47. The molecule has 6 rings (SSSR count). The fourth-order valence-corrected chi connectivity index (χ4v) is 7.25. The van der Waals surface area contributed by atoms with Gasteiger partial charge >= 0.3 is 24.6 Å². The molecular weight excluding hydrogens is 805 g/mol. The molecule has 5 aromatic rings. The quantitative estimate of drug-likeness (QED) is 0.116. The van der Waals surface area contributed by atoms with Gasteiger partial charge in [-0.25, -0.2) is 4.79 Å². The number of nitrogens with zero attached hydrogens (tertiary/aromatic N) is 7. The zero-order valence-electron chi connectivity index (χ0n) is 32.9. The van der Waals surface area contributed by atoms with Gasteiger partial charge in [0.25, 0.3) is 5.95 Å². The third kappa shape index (κ3) is 10.6. The molecule has 18 heteroatoms. The van der Waals surface area contributed by atoms with Crippen LogP contribution in [0.1, 0.15) is 79.1 Å². The molecule has 9 nitrogen and oxygen atoms in total. The van der Waals surface area contributed by atoms with Crippen LogP contribution >= 0.6 is 0 Å². The van der Waals surface area contributed by atoms with Crippen LogP contribution in [0.25, 0.3) is 0 Å². The van der Waals surface area contributed by atoms with Crippen LogP contribution in [0, 0.1) is 0 Å². The van der Waals surface area contributed by atoms with Gasteiger partial charge in [0.15, 0.2) is 0 Å². The van der Waals surface area contributed by atoms with Crippen molar-refractivity contribution < 1.29 is 49.0 Å². The minimum absolute atomic E-state index is 0.000836. The van der Waals surface area contributed by atoms with Crippen molar-refractivity contribution in [3.8, 4) is 0 Å². The second-order valence-electron chi connectivity index (χ2n) is 15.1. The number of carbonyl (C=O) groups is 1. The summed E-state index contributed by atoms with van der Waals surface area (Å²) in [5.41, 5.74) is -2.78. The zero-order chi connectivity index (χ0) is 43.6. The molecule has 2 heterocycles. The highest BCUT2D eigenvalue weighted by atomic mass is 19.4. The lowest BCUT2D eigenvalue weighted by Gasteiger charge is -2.43. The number of tetrazole rings is 1. The third-order valence-electron chi connectivity index (χ3n) is 10.1. The first kappa shape index (κ1) is 43.9. The molecule has 0 aliphatic carbocycles. The highest BCUT2D eigenvalue weighted by Crippen LogP contribution is 2.45. The van der Waals surface area contributed by atoms with Gasteiger partial charge in [0.05, 0.1) is 41.1 Å². The SMILES string of the molecule is CC(C)OC(=O)N1c2ccc(C(F)(F)F)cc2[C@@H](N(Cc2cc(C(F)(F)F)cc(C(F)(F)F)c2)c2nnn(C[C@H](C)N(Cc3ccccc3)Cc3ccccc3)n2)C[C@H]1C. The second-order valence-corrected chi connectivity index (χ2v) is 15.1. The van der Waals surface area contributed by atoms with Crippen LogP contribution in [0.15, 0.2) is 97.1 Å². The van der Waals surface area contributed by atoms with Crippen molar-refractivity contribution in [3.63, 3.8) is 0 Å². The predicted octanol–water partition coefficient (Wildman–Crippen LogP) is 10.7. The zero-order valence-corrected chi connectivity index (χ0v) is 32.9. The first-order valence-corrected chi connectivity index (χ1v) is 19.0. The van der Waals surface area contributed by atoms with Crippen molar-refractivity contribution in [2.24, 2.45) is 0 Å². The number of fused-ring (bicyclic) bond motifs is 1. The van der Waals surface area contributed by atoms with Crippen LogP contribution in [-0.4, -0.2) is 49.4 Å². The lowest BCUT2D eigenvalue weighted by atomic mass is 9.89. The second kappa shape index (κ2) is 17.5. The van der Waals surface area contributed by atoms with E-state index in [4.69, 9.17) is 4.74 Å². The number of carbonyl (C=O) groups excluding carboxylic acids is 1. The Balaban J connectivity index is 1.44. The molecule has 60 heavy (non-hydrogen) atoms. The average molecular weight is 848 g/mol. The average Bonchev–Trinajstić information content (AvgIpc) is 3.63. The molecule has 0 saturated heterocycles. The predicted molar refractivity (Wildman–Crippen MR) is 204 cm³/mol. The smallest absolute Gasteiger partial charge is 0.416 e. The van der Waals surface area contributed by atoms with E-state index in [0.29, 0.717) is 25.2 Å². The van der Waals surface area contributed by atoms with Crippen LogP contribution in [0.4, 0.5) is 55.9 Å². The molecule has 1 amide bonds. The van der Waals surface area contributed by atoms with Crippen LogP contribution < -0.4 is 9.80 Å². The number of benzene rings is 4. The summed E-state index contributed by atoms with van der Waals surface area (Å²) in [4.78, 5) is 19.2. The van der Waals surface area contributed by atoms with E-state index in [0.717, 1.165) is 29.3 Å². The molecule has 0 spiro atoms. The summed E-state index contributed by atoms with van der Waals surface area (Å²) < 4.78 is 133. The highest BCUT2D eigenvalue weighted by molar-refractivity contribution is 5.90. The monoisotopic (exact) mass is 847 g/mol. The Morgan fingerprint density at radius 3 is 1.80 bits per heavy atom. The summed E-state index contributed by atoms with van der Waals surface area (Å²) in [6.45, 7) is 7.15. The van der Waals surface area contributed by atoms with Gasteiger partial charge in [-0.3, -0.25) is 9.80 Å². The lowest BCUT2D eigenvalue weighted by molar-refractivity contribution is -0.143. The van der Waals surface area contributed by atoms with Crippen molar-refractivity contribution in [1.29, 1.82) is 0 Å². The van der Waals surface area contributed by atoms with Gasteiger partial charge in [-0.1, -0.05) is 65.8 Å². The molecule has 4 aromatic carbocycles. The van der Waals surface area contributed by atoms with Gasteiger partial charge in [-0.2, -0.15) is 44.3 Å². The summed E-state index contributed by atoms with van der Waals surface area (Å²) in [5.74, 6) is -0.274. The summed E-state index contributed by atoms with van der Waals surface area (Å²) in [6.07, 6.45) is -16.8. The number of hydrogen-bond acceptors (Lipinski definition) is 7. The molecule has 1 aromatic heterocycles. The van der Waals surface area contributed by atoms with E-state index in [-0.39, 0.29) is 42.3 Å². The van der Waals surface area contributed by atoms with Gasteiger partial charge in [0.2, 0.25) is 0 Å². The molecule has 0 fully saturated rings. The number of ether oxygens (including phenoxy) is 1. The van der Waals surface area contributed by atoms with Gasteiger partial charge in [-0.05, 0) is 98.0 Å². The maximum Gasteiger partial charge on any atom is 0.416 e. The van der Waals surface area contributed by atoms with Gasteiger partial charge in [0.1, 0.15) is 0 Å². The molecule has 0 unspecified atom stereocenters. The molecule has 0 saturated carbocycles. The molecule has 1 aliphatic heterocycles. The maximum absolute atomic E-state index is 14.3. The molecular formula is C42H42F9N7O2. The van der Waals surface area contributed by atoms with E-state index in [2.05, 4.69) is 20.3 Å². The van der Waals surface area contributed by atoms with Gasteiger partial charge < -0.3 is 9.64 Å². The Hall–Kier alpha value is -5.65. The van der Waals surface area contributed by atoms with Crippen molar-refractivity contribution in [3.05, 3.63) is 136 Å². The highest BCUT2D eigenvalue weighted by Gasteiger charge is 2.42. The number of alkyl halides is 9. The van der Waals surface area contributed by atoms with Gasteiger partial charge in [0, 0.05) is 31.7 Å². The summed E-state index contributed by atoms with van der Waals surface area (Å²) in [7, 11) is 0. The fourth-order valence-electron chi connectivity index (χ4n) is 7.25. The van der Waals surface area contributed by atoms with E-state index in [1.54, 1.807) is 20.8 Å². The van der Waals surface area contributed by atoms with Crippen molar-refractivity contribution in [2.45, 2.75) is 103 Å². The fraction of sp³-hybridized carbons (Fsp3) is 0.381. The Morgan fingerprint density at radius 1 is 0.733 bits per heavy atom. The maximum atomic E-state index is 14.3. The number of aromatic nitrogens is 4. The van der Waals surface area contributed by atoms with E-state index in [1.807, 2.05) is 67.6 Å². The molecule has 0 N–H and O–H groups in total. The molecule has 320 valence electrons. The standard InChI is InChI=1S/C42H42F9N7O2/c1-26(2)60-39(59)58-27(3)17-37(35-21-32(40(43,44)45)15-16-36(35)58)56(25-31-18-33(41(46,47)48)20-34(19-31)42(49,50)51)38-52-54-57(53-38)22-28(4)55(23-29-11-7-5-8-12-29)24-30-13-9-6-10-14-30/h5-16,18-21,26-28,37H,17,22-25H2,1-4H3/t27-,28+,37+/m1/s1. The number of anilines is 2. The van der Waals surface area contributed by atoms with Crippen molar-refractivity contribution >= 4 is 17.7 Å². The van der Waals surface area contributed by atoms with Crippen LogP contribution in [0.3, 0.4) is 0 Å². The van der Waals surface area contributed by atoms with E-state index in [1.165, 1.54) is 14.6 Å². The molecule has 0 radical (unpaired) electrons. The molecule has 3 atom stereocenters. The summed E-state index contributed by atoms with van der Waals surface area (Å²) in [6, 6.07) is 20.8. The van der Waals surface area contributed by atoms with Crippen LogP contribution in [-0.2, 0) is 49.4 Å².